The van der Waals surface area contributed by atoms with Crippen LogP contribution in [0.5, 0.6) is 0 Å². The van der Waals surface area contributed by atoms with Crippen LogP contribution in [0.15, 0.2) is 18.2 Å². The summed E-state index contributed by atoms with van der Waals surface area (Å²) >= 11 is 5.92. The van der Waals surface area contributed by atoms with E-state index in [2.05, 4.69) is 10.6 Å². The lowest BCUT2D eigenvalue weighted by Crippen LogP contribution is -2.50. The summed E-state index contributed by atoms with van der Waals surface area (Å²) in [5, 5.41) is 6.11. The van der Waals surface area contributed by atoms with Crippen molar-refractivity contribution in [2.45, 2.75) is 25.8 Å². The molecule has 0 bridgehead atoms. The lowest BCUT2D eigenvalue weighted by atomic mass is 10.1. The molecule has 1 saturated heterocycles. The summed E-state index contributed by atoms with van der Waals surface area (Å²) in [5.41, 5.74) is 1.54. The van der Waals surface area contributed by atoms with E-state index >= 15 is 0 Å². The molecular formula is C14H20ClN3O3S. The number of piperidine rings is 1. The van der Waals surface area contributed by atoms with E-state index in [1.165, 1.54) is 10.6 Å². The fraction of sp³-hybridized carbons (Fsp3) is 0.500. The highest BCUT2D eigenvalue weighted by Crippen LogP contribution is 2.20. The molecule has 2 amide bonds. The Bertz CT molecular complexity index is 663. The molecular weight excluding hydrogens is 326 g/mol. The zero-order valence-corrected chi connectivity index (χ0v) is 14.2. The first-order valence-corrected chi connectivity index (χ1v) is 9.27. The second-order valence-electron chi connectivity index (χ2n) is 5.52. The number of urea groups is 1. The van der Waals surface area contributed by atoms with Crippen molar-refractivity contribution in [1.82, 2.24) is 9.62 Å². The number of hydrogen-bond acceptors (Lipinski definition) is 3. The molecule has 22 heavy (non-hydrogen) atoms. The topological polar surface area (TPSA) is 78.5 Å². The lowest BCUT2D eigenvalue weighted by Gasteiger charge is -2.31. The molecule has 0 aliphatic carbocycles. The van der Waals surface area contributed by atoms with E-state index in [4.69, 9.17) is 11.6 Å². The highest BCUT2D eigenvalue weighted by Gasteiger charge is 2.26. The van der Waals surface area contributed by atoms with Crippen LogP contribution in [-0.2, 0) is 10.0 Å². The Labute approximate surface area is 135 Å². The van der Waals surface area contributed by atoms with Gasteiger partial charge in [0.2, 0.25) is 10.0 Å². The van der Waals surface area contributed by atoms with Gasteiger partial charge in [-0.2, -0.15) is 0 Å². The van der Waals surface area contributed by atoms with Crippen LogP contribution < -0.4 is 10.6 Å². The number of sulfonamides is 1. The minimum absolute atomic E-state index is 0.192. The summed E-state index contributed by atoms with van der Waals surface area (Å²) < 4.78 is 24.5. The summed E-state index contributed by atoms with van der Waals surface area (Å²) in [6.07, 6.45) is 2.67. The first kappa shape index (κ1) is 17.1. The molecule has 1 aromatic carbocycles. The molecule has 122 valence electrons. The predicted octanol–water partition coefficient (Wildman–Crippen LogP) is 2.19. The predicted molar refractivity (Wildman–Crippen MR) is 87.8 cm³/mol. The van der Waals surface area contributed by atoms with E-state index in [1.807, 2.05) is 13.0 Å². The number of aryl methyl sites for hydroxylation is 1. The molecule has 1 aliphatic rings. The average Bonchev–Trinajstić information content (AvgIpc) is 2.42. The van der Waals surface area contributed by atoms with Gasteiger partial charge in [-0.05, 0) is 37.5 Å². The number of benzene rings is 1. The highest BCUT2D eigenvalue weighted by atomic mass is 35.5. The van der Waals surface area contributed by atoms with E-state index in [0.29, 0.717) is 23.8 Å². The molecule has 1 fully saturated rings. The molecule has 2 N–H and O–H groups in total. The van der Waals surface area contributed by atoms with Gasteiger partial charge in [0, 0.05) is 29.8 Å². The maximum Gasteiger partial charge on any atom is 0.319 e. The third-order valence-corrected chi connectivity index (χ3v) is 5.14. The van der Waals surface area contributed by atoms with Gasteiger partial charge in [-0.3, -0.25) is 0 Å². The Morgan fingerprint density at radius 2 is 2.14 bits per heavy atom. The molecule has 0 radical (unpaired) electrons. The van der Waals surface area contributed by atoms with Gasteiger partial charge in [0.15, 0.2) is 0 Å². The van der Waals surface area contributed by atoms with Gasteiger partial charge in [0.25, 0.3) is 0 Å². The molecule has 1 atom stereocenters. The third kappa shape index (κ3) is 4.59. The van der Waals surface area contributed by atoms with Crippen LogP contribution in [0, 0.1) is 6.92 Å². The van der Waals surface area contributed by atoms with Gasteiger partial charge in [0.1, 0.15) is 0 Å². The maximum atomic E-state index is 12.1. The van der Waals surface area contributed by atoms with Gasteiger partial charge in [-0.25, -0.2) is 17.5 Å². The van der Waals surface area contributed by atoms with E-state index in [1.54, 1.807) is 12.1 Å². The van der Waals surface area contributed by atoms with Crippen LogP contribution >= 0.6 is 11.6 Å². The summed E-state index contributed by atoms with van der Waals surface area (Å²) in [6, 6.07) is 4.71. The van der Waals surface area contributed by atoms with Crippen molar-refractivity contribution in [1.29, 1.82) is 0 Å². The van der Waals surface area contributed by atoms with Crippen molar-refractivity contribution < 1.29 is 13.2 Å². The first-order chi connectivity index (χ1) is 10.3. The van der Waals surface area contributed by atoms with Gasteiger partial charge in [0.05, 0.1) is 6.26 Å². The number of rotatable bonds is 3. The van der Waals surface area contributed by atoms with Gasteiger partial charge in [-0.15, -0.1) is 0 Å². The largest absolute Gasteiger partial charge is 0.334 e. The van der Waals surface area contributed by atoms with Crippen LogP contribution in [0.3, 0.4) is 0 Å². The molecule has 0 saturated carbocycles. The molecule has 0 unspecified atom stereocenters. The number of carbonyl (C=O) groups excluding carboxylic acids is 1. The van der Waals surface area contributed by atoms with Crippen molar-refractivity contribution in [2.75, 3.05) is 24.7 Å². The molecule has 6 nitrogen and oxygen atoms in total. The number of anilines is 1. The average molecular weight is 346 g/mol. The van der Waals surface area contributed by atoms with Gasteiger partial charge < -0.3 is 10.6 Å². The minimum Gasteiger partial charge on any atom is -0.334 e. The van der Waals surface area contributed by atoms with Crippen molar-refractivity contribution in [3.05, 3.63) is 28.8 Å². The Balaban J connectivity index is 1.96. The third-order valence-electron chi connectivity index (χ3n) is 3.64. The molecule has 0 aromatic heterocycles. The number of nitrogens with zero attached hydrogens (tertiary/aromatic N) is 1. The standard InChI is InChI=1S/C14H20ClN3O3S/c1-10-5-6-11(15)8-13(10)17-14(19)16-12-4-3-7-18(9-12)22(2,20)21/h5-6,8,12H,3-4,7,9H2,1-2H3,(H2,16,17,19)/t12-/m0/s1. The summed E-state index contributed by atoms with van der Waals surface area (Å²) in [6.45, 7) is 2.69. The minimum atomic E-state index is -3.22. The van der Waals surface area contributed by atoms with E-state index < -0.39 is 10.0 Å². The monoisotopic (exact) mass is 345 g/mol. The van der Waals surface area contributed by atoms with Crippen LogP contribution in [0.4, 0.5) is 10.5 Å². The molecule has 2 rings (SSSR count). The molecule has 1 aromatic rings. The molecule has 1 heterocycles. The fourth-order valence-electron chi connectivity index (χ4n) is 2.43. The van der Waals surface area contributed by atoms with Crippen LogP contribution in [0.1, 0.15) is 18.4 Å². The number of hydrogen-bond donors (Lipinski definition) is 2. The zero-order chi connectivity index (χ0) is 16.3. The summed E-state index contributed by atoms with van der Waals surface area (Å²) in [4.78, 5) is 12.1. The first-order valence-electron chi connectivity index (χ1n) is 7.04. The smallest absolute Gasteiger partial charge is 0.319 e. The Kier molecular flexibility index (Phi) is 5.31. The van der Waals surface area contributed by atoms with Crippen LogP contribution in [-0.4, -0.2) is 44.1 Å². The number of carbonyl (C=O) groups is 1. The molecule has 1 aliphatic heterocycles. The van der Waals surface area contributed by atoms with E-state index in [-0.39, 0.29) is 12.1 Å². The Morgan fingerprint density at radius 3 is 2.82 bits per heavy atom. The Morgan fingerprint density at radius 1 is 1.41 bits per heavy atom. The van der Waals surface area contributed by atoms with Gasteiger partial charge >= 0.3 is 6.03 Å². The summed E-state index contributed by atoms with van der Waals surface area (Å²) in [5.74, 6) is 0. The van der Waals surface area contributed by atoms with Crippen molar-refractivity contribution >= 4 is 33.3 Å². The fourth-order valence-corrected chi connectivity index (χ4v) is 3.52. The van der Waals surface area contributed by atoms with Crippen molar-refractivity contribution in [2.24, 2.45) is 0 Å². The molecule has 0 spiro atoms. The van der Waals surface area contributed by atoms with E-state index in [9.17, 15) is 13.2 Å². The second-order valence-corrected chi connectivity index (χ2v) is 7.94. The van der Waals surface area contributed by atoms with Crippen molar-refractivity contribution in [3.8, 4) is 0 Å². The quantitative estimate of drug-likeness (QED) is 0.881. The SMILES string of the molecule is Cc1ccc(Cl)cc1NC(=O)N[C@H]1CCCN(S(C)(=O)=O)C1. The Hall–Kier alpha value is -1.31. The highest BCUT2D eigenvalue weighted by molar-refractivity contribution is 7.88. The van der Waals surface area contributed by atoms with Gasteiger partial charge in [-0.1, -0.05) is 17.7 Å². The lowest BCUT2D eigenvalue weighted by molar-refractivity contribution is 0.236. The maximum absolute atomic E-state index is 12.1. The normalized spacial score (nSPS) is 19.7. The zero-order valence-electron chi connectivity index (χ0n) is 12.6. The van der Waals surface area contributed by atoms with Crippen LogP contribution in [0.25, 0.3) is 0 Å². The second kappa shape index (κ2) is 6.85. The number of halogens is 1. The van der Waals surface area contributed by atoms with Crippen LogP contribution in [0.2, 0.25) is 5.02 Å². The summed E-state index contributed by atoms with van der Waals surface area (Å²) in [7, 11) is -3.22. The number of amides is 2. The molecule has 8 heteroatoms. The number of nitrogens with one attached hydrogen (secondary N) is 2. The van der Waals surface area contributed by atoms with E-state index in [0.717, 1.165) is 18.4 Å². The van der Waals surface area contributed by atoms with Crippen molar-refractivity contribution in [3.63, 3.8) is 0 Å².